The lowest BCUT2D eigenvalue weighted by Gasteiger charge is -2.16. The van der Waals surface area contributed by atoms with Crippen LogP contribution in [0, 0.1) is 0 Å². The van der Waals surface area contributed by atoms with Gasteiger partial charge in [-0.3, -0.25) is 0 Å². The maximum atomic E-state index is 6.61. The molecule has 0 saturated heterocycles. The largest absolute Gasteiger partial charge is 0.456 e. The van der Waals surface area contributed by atoms with Crippen LogP contribution in [0.5, 0.6) is 0 Å². The average molecular weight is 755 g/mol. The van der Waals surface area contributed by atoms with Crippen molar-refractivity contribution in [2.45, 2.75) is 0 Å². The highest BCUT2D eigenvalue weighted by atomic mass is 16.3. The van der Waals surface area contributed by atoms with E-state index in [1.807, 2.05) is 42.5 Å². The van der Waals surface area contributed by atoms with Gasteiger partial charge in [0.15, 0.2) is 17.5 Å². The minimum atomic E-state index is 0.534. The van der Waals surface area contributed by atoms with Gasteiger partial charge in [-0.1, -0.05) is 133 Å². The van der Waals surface area contributed by atoms with Crippen LogP contribution in [0.15, 0.2) is 191 Å². The number of benzene rings is 9. The lowest BCUT2D eigenvalue weighted by atomic mass is 10.0. The Bertz CT molecular complexity index is 3870. The molecule has 0 aliphatic heterocycles. The lowest BCUT2D eigenvalue weighted by molar-refractivity contribution is 0.668. The molecule has 0 fully saturated rings. The molecule has 0 unspecified atom stereocenters. The molecule has 274 valence electrons. The molecule has 0 aliphatic rings. The number of furan rings is 2. The summed E-state index contributed by atoms with van der Waals surface area (Å²) in [5.41, 5.74) is 8.91. The van der Waals surface area contributed by atoms with E-state index in [9.17, 15) is 0 Å². The molecule has 0 atom stereocenters. The third-order valence-corrected chi connectivity index (χ3v) is 11.8. The van der Waals surface area contributed by atoms with E-state index in [0.29, 0.717) is 17.5 Å². The summed E-state index contributed by atoms with van der Waals surface area (Å²) >= 11 is 0. The summed E-state index contributed by atoms with van der Waals surface area (Å²) in [6, 6.07) is 63.3. The zero-order chi connectivity index (χ0) is 38.6. The SMILES string of the molecule is c1ccc2cc3c(cc2c1)c1ccccc1n3-c1cc2c(cc1-c1nc(-c3cccc4ccccc34)nc(-c3cccc4oc5ccccc5c34)n1)oc1ccccc12. The topological polar surface area (TPSA) is 69.9 Å². The summed E-state index contributed by atoms with van der Waals surface area (Å²) in [5, 5.41) is 10.9. The molecule has 59 heavy (non-hydrogen) atoms. The zero-order valence-electron chi connectivity index (χ0n) is 31.4. The van der Waals surface area contributed by atoms with E-state index >= 15 is 0 Å². The van der Waals surface area contributed by atoms with E-state index < -0.39 is 0 Å². The van der Waals surface area contributed by atoms with Gasteiger partial charge in [0, 0.05) is 49.0 Å². The standard InChI is InChI=1S/C53H30N4O2/c1-2-15-33-28-44-40(27-32(33)14-1)35-18-5-8-23-43(35)57(44)45-29-41-36-19-6-9-24-46(36)59-49(41)30-42(45)53-55-51(37-21-11-16-31-13-3-4-17-34(31)37)54-52(56-53)39-22-12-26-48-50(39)38-20-7-10-25-47(38)58-48/h1-30H. The van der Waals surface area contributed by atoms with Gasteiger partial charge in [-0.2, -0.15) is 0 Å². The summed E-state index contributed by atoms with van der Waals surface area (Å²) in [6.45, 7) is 0. The smallest absolute Gasteiger partial charge is 0.166 e. The van der Waals surface area contributed by atoms with Crippen molar-refractivity contribution in [3.8, 4) is 39.9 Å². The van der Waals surface area contributed by atoms with E-state index in [2.05, 4.69) is 144 Å². The Morgan fingerprint density at radius 3 is 1.71 bits per heavy atom. The Balaban J connectivity index is 1.18. The van der Waals surface area contributed by atoms with Crippen LogP contribution in [-0.2, 0) is 0 Å². The van der Waals surface area contributed by atoms with Crippen molar-refractivity contribution in [3.05, 3.63) is 182 Å². The molecule has 13 aromatic rings. The molecule has 13 rings (SSSR count). The normalized spacial score (nSPS) is 12.1. The van der Waals surface area contributed by atoms with Crippen LogP contribution in [0.2, 0.25) is 0 Å². The van der Waals surface area contributed by atoms with Gasteiger partial charge in [0.2, 0.25) is 0 Å². The summed E-state index contributed by atoms with van der Waals surface area (Å²) in [5.74, 6) is 1.67. The number of para-hydroxylation sites is 3. The van der Waals surface area contributed by atoms with Crippen LogP contribution in [0.4, 0.5) is 0 Å². The molecular formula is C53H30N4O2. The van der Waals surface area contributed by atoms with Crippen molar-refractivity contribution in [1.82, 2.24) is 19.5 Å². The van der Waals surface area contributed by atoms with Crippen LogP contribution in [0.3, 0.4) is 0 Å². The zero-order valence-corrected chi connectivity index (χ0v) is 31.4. The monoisotopic (exact) mass is 754 g/mol. The second-order valence-corrected chi connectivity index (χ2v) is 15.1. The second kappa shape index (κ2) is 12.2. The third kappa shape index (κ3) is 4.77. The molecule has 4 aromatic heterocycles. The lowest BCUT2D eigenvalue weighted by Crippen LogP contribution is -2.04. The quantitative estimate of drug-likeness (QED) is 0.179. The molecular weight excluding hydrogens is 725 g/mol. The number of hydrogen-bond acceptors (Lipinski definition) is 5. The first kappa shape index (κ1) is 32.0. The molecule has 0 radical (unpaired) electrons. The van der Waals surface area contributed by atoms with Crippen LogP contribution < -0.4 is 0 Å². The van der Waals surface area contributed by atoms with Gasteiger partial charge in [0.05, 0.1) is 16.7 Å². The minimum Gasteiger partial charge on any atom is -0.456 e. The van der Waals surface area contributed by atoms with Gasteiger partial charge in [-0.25, -0.2) is 15.0 Å². The third-order valence-electron chi connectivity index (χ3n) is 11.8. The van der Waals surface area contributed by atoms with Crippen LogP contribution in [0.25, 0.3) is 127 Å². The number of fused-ring (bicyclic) bond motifs is 11. The van der Waals surface area contributed by atoms with Gasteiger partial charge < -0.3 is 13.4 Å². The van der Waals surface area contributed by atoms with E-state index in [0.717, 1.165) is 88.1 Å². The van der Waals surface area contributed by atoms with Crippen molar-refractivity contribution in [3.63, 3.8) is 0 Å². The Morgan fingerprint density at radius 1 is 0.322 bits per heavy atom. The predicted molar refractivity (Wildman–Crippen MR) is 240 cm³/mol. The molecule has 0 N–H and O–H groups in total. The maximum Gasteiger partial charge on any atom is 0.166 e. The second-order valence-electron chi connectivity index (χ2n) is 15.1. The van der Waals surface area contributed by atoms with Crippen molar-refractivity contribution < 1.29 is 8.83 Å². The Kier molecular flexibility index (Phi) is 6.63. The molecule has 0 saturated carbocycles. The Labute approximate surface area is 336 Å². The van der Waals surface area contributed by atoms with Crippen LogP contribution in [0.1, 0.15) is 0 Å². The number of hydrogen-bond donors (Lipinski definition) is 0. The van der Waals surface area contributed by atoms with Crippen molar-refractivity contribution >= 4 is 87.2 Å². The van der Waals surface area contributed by atoms with Gasteiger partial charge in [-0.15, -0.1) is 0 Å². The molecule has 4 heterocycles. The Hall–Kier alpha value is -8.09. The summed E-state index contributed by atoms with van der Waals surface area (Å²) in [4.78, 5) is 16.2. The molecule has 0 amide bonds. The maximum absolute atomic E-state index is 6.61. The van der Waals surface area contributed by atoms with Gasteiger partial charge in [-0.05, 0) is 70.1 Å². The van der Waals surface area contributed by atoms with Crippen molar-refractivity contribution in [1.29, 1.82) is 0 Å². The summed E-state index contributed by atoms with van der Waals surface area (Å²) < 4.78 is 15.4. The van der Waals surface area contributed by atoms with Gasteiger partial charge >= 0.3 is 0 Å². The molecule has 6 nitrogen and oxygen atoms in total. The van der Waals surface area contributed by atoms with Gasteiger partial charge in [0.25, 0.3) is 0 Å². The van der Waals surface area contributed by atoms with E-state index in [1.165, 1.54) is 21.5 Å². The fourth-order valence-electron chi connectivity index (χ4n) is 9.16. The Morgan fingerprint density at radius 2 is 0.881 bits per heavy atom. The predicted octanol–water partition coefficient (Wildman–Crippen LogP) is 14.1. The number of rotatable bonds is 4. The first-order chi connectivity index (χ1) is 29.2. The molecule has 0 spiro atoms. The highest BCUT2D eigenvalue weighted by Gasteiger charge is 2.24. The number of nitrogens with zero attached hydrogens (tertiary/aromatic N) is 4. The van der Waals surface area contributed by atoms with E-state index in [4.69, 9.17) is 23.8 Å². The minimum absolute atomic E-state index is 0.534. The first-order valence-electron chi connectivity index (χ1n) is 19.8. The van der Waals surface area contributed by atoms with E-state index in [-0.39, 0.29) is 0 Å². The fourth-order valence-corrected chi connectivity index (χ4v) is 9.16. The average Bonchev–Trinajstić information content (AvgIpc) is 3.96. The van der Waals surface area contributed by atoms with E-state index in [1.54, 1.807) is 0 Å². The molecule has 9 aromatic carbocycles. The van der Waals surface area contributed by atoms with Crippen LogP contribution >= 0.6 is 0 Å². The first-order valence-corrected chi connectivity index (χ1v) is 19.8. The fraction of sp³-hybridized carbons (Fsp3) is 0. The van der Waals surface area contributed by atoms with Crippen molar-refractivity contribution in [2.75, 3.05) is 0 Å². The van der Waals surface area contributed by atoms with Gasteiger partial charge in [0.1, 0.15) is 22.3 Å². The highest BCUT2D eigenvalue weighted by molar-refractivity contribution is 6.16. The summed E-state index contributed by atoms with van der Waals surface area (Å²) in [7, 11) is 0. The molecule has 0 aliphatic carbocycles. The molecule has 0 bridgehead atoms. The van der Waals surface area contributed by atoms with Crippen molar-refractivity contribution in [2.24, 2.45) is 0 Å². The van der Waals surface area contributed by atoms with Crippen LogP contribution in [-0.4, -0.2) is 19.5 Å². The molecule has 6 heteroatoms. The summed E-state index contributed by atoms with van der Waals surface area (Å²) in [6.07, 6.45) is 0. The number of aromatic nitrogens is 4. The highest BCUT2D eigenvalue weighted by Crippen LogP contribution is 2.43.